The number of nitrogens with zero attached hydrogens (tertiary/aromatic N) is 1. The van der Waals surface area contributed by atoms with Crippen molar-refractivity contribution in [3.05, 3.63) is 23.8 Å². The second-order valence-corrected chi connectivity index (χ2v) is 6.02. The molecular formula is C16H21NO5. The Balaban J connectivity index is 1.91. The number of piperidine rings is 1. The Hall–Kier alpha value is -2.24. The third kappa shape index (κ3) is 3.90. The summed E-state index contributed by atoms with van der Waals surface area (Å²) < 4.78 is 4.96. The van der Waals surface area contributed by atoms with Crippen LogP contribution in [-0.4, -0.2) is 46.7 Å². The molecule has 2 N–H and O–H groups in total. The summed E-state index contributed by atoms with van der Waals surface area (Å²) in [5.74, 6) is -0.679. The average molecular weight is 307 g/mol. The Labute approximate surface area is 129 Å². The van der Waals surface area contributed by atoms with E-state index in [2.05, 4.69) is 13.8 Å². The number of benzene rings is 1. The van der Waals surface area contributed by atoms with E-state index in [1.165, 1.54) is 12.1 Å². The Morgan fingerprint density at radius 1 is 1.23 bits per heavy atom. The third-order valence-electron chi connectivity index (χ3n) is 3.75. The smallest absolute Gasteiger partial charge is 0.342 e. The van der Waals surface area contributed by atoms with Gasteiger partial charge in [-0.05, 0) is 30.4 Å². The van der Waals surface area contributed by atoms with Crippen molar-refractivity contribution in [2.45, 2.75) is 20.3 Å². The molecule has 22 heavy (non-hydrogen) atoms. The van der Waals surface area contributed by atoms with Crippen LogP contribution < -0.4 is 0 Å². The van der Waals surface area contributed by atoms with Gasteiger partial charge in [-0.25, -0.2) is 4.79 Å². The molecule has 1 fully saturated rings. The molecule has 0 unspecified atom stereocenters. The zero-order chi connectivity index (χ0) is 16.3. The number of ether oxygens (including phenoxy) is 1. The summed E-state index contributed by atoms with van der Waals surface area (Å²) >= 11 is 0. The largest absolute Gasteiger partial charge is 0.508 e. The van der Waals surface area contributed by atoms with Gasteiger partial charge in [0.2, 0.25) is 0 Å². The fraction of sp³-hybridized carbons (Fsp3) is 0.500. The van der Waals surface area contributed by atoms with Gasteiger partial charge in [0, 0.05) is 19.2 Å². The van der Waals surface area contributed by atoms with E-state index in [0.29, 0.717) is 24.9 Å². The molecular weight excluding hydrogens is 286 g/mol. The van der Waals surface area contributed by atoms with Gasteiger partial charge in [-0.2, -0.15) is 0 Å². The van der Waals surface area contributed by atoms with Crippen molar-refractivity contribution in [1.82, 2.24) is 4.90 Å². The van der Waals surface area contributed by atoms with E-state index < -0.39 is 5.97 Å². The van der Waals surface area contributed by atoms with Crippen molar-refractivity contribution in [3.8, 4) is 11.5 Å². The molecule has 0 bridgehead atoms. The molecule has 1 aliphatic heterocycles. The zero-order valence-corrected chi connectivity index (χ0v) is 12.8. The number of rotatable bonds is 3. The number of phenolic OH excluding ortho intramolecular Hbond substituents is 2. The first-order valence-corrected chi connectivity index (χ1v) is 7.33. The predicted molar refractivity (Wildman–Crippen MR) is 79.6 cm³/mol. The number of hydrogen-bond donors (Lipinski definition) is 2. The highest BCUT2D eigenvalue weighted by Crippen LogP contribution is 2.24. The summed E-state index contributed by atoms with van der Waals surface area (Å²) in [6.45, 7) is 5.18. The highest BCUT2D eigenvalue weighted by molar-refractivity contribution is 5.94. The predicted octanol–water partition coefficient (Wildman–Crippen LogP) is 1.76. The van der Waals surface area contributed by atoms with Crippen LogP contribution in [0.25, 0.3) is 0 Å². The first-order valence-electron chi connectivity index (χ1n) is 7.33. The standard InChI is InChI=1S/C16H21NO5/c1-10-5-11(2)8-17(7-10)15(20)9-22-16(21)13-4-3-12(18)6-14(13)19/h3-4,6,10-11,18-19H,5,7-9H2,1-2H3/t10-,11-/m1/s1. The minimum Gasteiger partial charge on any atom is -0.508 e. The van der Waals surface area contributed by atoms with E-state index in [1.54, 1.807) is 4.90 Å². The molecule has 1 aliphatic rings. The number of hydrogen-bond acceptors (Lipinski definition) is 5. The van der Waals surface area contributed by atoms with E-state index in [4.69, 9.17) is 4.74 Å². The molecule has 120 valence electrons. The second kappa shape index (κ2) is 6.68. The van der Waals surface area contributed by atoms with Crippen LogP contribution in [0.2, 0.25) is 0 Å². The lowest BCUT2D eigenvalue weighted by Crippen LogP contribution is -2.44. The van der Waals surface area contributed by atoms with Crippen molar-refractivity contribution >= 4 is 11.9 Å². The van der Waals surface area contributed by atoms with E-state index in [1.807, 2.05) is 0 Å². The van der Waals surface area contributed by atoms with Gasteiger partial charge in [0.15, 0.2) is 6.61 Å². The zero-order valence-electron chi connectivity index (χ0n) is 12.8. The maximum atomic E-state index is 12.1. The highest BCUT2D eigenvalue weighted by atomic mass is 16.5. The Morgan fingerprint density at radius 2 is 1.86 bits per heavy atom. The molecule has 1 aromatic rings. The van der Waals surface area contributed by atoms with Crippen LogP contribution >= 0.6 is 0 Å². The van der Waals surface area contributed by atoms with Crippen LogP contribution in [0, 0.1) is 11.8 Å². The molecule has 2 atom stereocenters. The van der Waals surface area contributed by atoms with E-state index in [9.17, 15) is 19.8 Å². The van der Waals surface area contributed by atoms with Crippen molar-refractivity contribution in [3.63, 3.8) is 0 Å². The van der Waals surface area contributed by atoms with Gasteiger partial charge >= 0.3 is 5.97 Å². The van der Waals surface area contributed by atoms with Gasteiger partial charge in [0.25, 0.3) is 5.91 Å². The van der Waals surface area contributed by atoms with Gasteiger partial charge < -0.3 is 19.8 Å². The number of amides is 1. The van der Waals surface area contributed by atoms with Crippen molar-refractivity contribution in [2.75, 3.05) is 19.7 Å². The Morgan fingerprint density at radius 3 is 2.45 bits per heavy atom. The minimum absolute atomic E-state index is 0.0778. The SMILES string of the molecule is C[C@@H]1C[C@@H](C)CN(C(=O)COC(=O)c2ccc(O)cc2O)C1. The average Bonchev–Trinajstić information content (AvgIpc) is 2.43. The maximum absolute atomic E-state index is 12.1. The highest BCUT2D eigenvalue weighted by Gasteiger charge is 2.26. The van der Waals surface area contributed by atoms with Gasteiger partial charge in [-0.1, -0.05) is 13.8 Å². The maximum Gasteiger partial charge on any atom is 0.342 e. The quantitative estimate of drug-likeness (QED) is 0.831. The Bertz CT molecular complexity index is 562. The summed E-state index contributed by atoms with van der Waals surface area (Å²) in [5.41, 5.74) is -0.0778. The molecule has 1 amide bonds. The number of esters is 1. The summed E-state index contributed by atoms with van der Waals surface area (Å²) in [6.07, 6.45) is 1.09. The van der Waals surface area contributed by atoms with Crippen molar-refractivity contribution in [2.24, 2.45) is 11.8 Å². The number of carbonyl (C=O) groups is 2. The molecule has 1 heterocycles. The number of carbonyl (C=O) groups excluding carboxylic acids is 2. The normalized spacial score (nSPS) is 21.5. The molecule has 2 rings (SSSR count). The van der Waals surface area contributed by atoms with Crippen molar-refractivity contribution in [1.29, 1.82) is 0 Å². The third-order valence-corrected chi connectivity index (χ3v) is 3.75. The first-order chi connectivity index (χ1) is 10.4. The van der Waals surface area contributed by atoms with Crippen LogP contribution in [0.3, 0.4) is 0 Å². The van der Waals surface area contributed by atoms with E-state index >= 15 is 0 Å². The van der Waals surface area contributed by atoms with Crippen LogP contribution in [0.4, 0.5) is 0 Å². The van der Waals surface area contributed by atoms with Crippen LogP contribution in [0.5, 0.6) is 11.5 Å². The molecule has 0 aromatic heterocycles. The van der Waals surface area contributed by atoms with E-state index in [-0.39, 0.29) is 29.6 Å². The summed E-state index contributed by atoms with van der Waals surface area (Å²) in [6, 6.07) is 3.57. The number of phenols is 2. The number of likely N-dealkylation sites (tertiary alicyclic amines) is 1. The molecule has 0 saturated carbocycles. The molecule has 6 nitrogen and oxygen atoms in total. The molecule has 0 spiro atoms. The summed E-state index contributed by atoms with van der Waals surface area (Å²) in [5, 5.41) is 18.8. The van der Waals surface area contributed by atoms with Gasteiger partial charge in [-0.15, -0.1) is 0 Å². The fourth-order valence-corrected chi connectivity index (χ4v) is 2.86. The number of aromatic hydroxyl groups is 2. The molecule has 0 aliphatic carbocycles. The van der Waals surface area contributed by atoms with Crippen LogP contribution in [0.1, 0.15) is 30.6 Å². The van der Waals surface area contributed by atoms with Gasteiger partial charge in [0.05, 0.1) is 0 Å². The van der Waals surface area contributed by atoms with Gasteiger partial charge in [-0.3, -0.25) is 4.79 Å². The van der Waals surface area contributed by atoms with E-state index in [0.717, 1.165) is 12.5 Å². The summed E-state index contributed by atoms with van der Waals surface area (Å²) in [7, 11) is 0. The lowest BCUT2D eigenvalue weighted by molar-refractivity contribution is -0.137. The van der Waals surface area contributed by atoms with Crippen LogP contribution in [0.15, 0.2) is 18.2 Å². The second-order valence-electron chi connectivity index (χ2n) is 6.02. The minimum atomic E-state index is -0.788. The lowest BCUT2D eigenvalue weighted by Gasteiger charge is -2.34. The topological polar surface area (TPSA) is 87.1 Å². The van der Waals surface area contributed by atoms with Crippen molar-refractivity contribution < 1.29 is 24.5 Å². The molecule has 1 saturated heterocycles. The fourth-order valence-electron chi connectivity index (χ4n) is 2.86. The lowest BCUT2D eigenvalue weighted by atomic mass is 9.92. The first kappa shape index (κ1) is 16.1. The molecule has 0 radical (unpaired) electrons. The Kier molecular flexibility index (Phi) is 4.90. The monoisotopic (exact) mass is 307 g/mol. The molecule has 6 heteroatoms. The summed E-state index contributed by atoms with van der Waals surface area (Å²) in [4.78, 5) is 25.7. The molecule has 1 aromatic carbocycles. The van der Waals surface area contributed by atoms with Crippen LogP contribution in [-0.2, 0) is 9.53 Å². The van der Waals surface area contributed by atoms with Gasteiger partial charge in [0.1, 0.15) is 17.1 Å².